The molecule has 0 spiro atoms. The summed E-state index contributed by atoms with van der Waals surface area (Å²) in [4.78, 5) is 17.6. The highest BCUT2D eigenvalue weighted by Crippen LogP contribution is 2.42. The van der Waals surface area contributed by atoms with Crippen molar-refractivity contribution in [2.45, 2.75) is 44.8 Å². The molecule has 3 aromatic rings. The fourth-order valence-electron chi connectivity index (χ4n) is 4.34. The van der Waals surface area contributed by atoms with Crippen molar-refractivity contribution in [3.8, 4) is 11.3 Å². The average Bonchev–Trinajstić information content (AvgIpc) is 2.75. The molecule has 0 fully saturated rings. The number of fused-ring (bicyclic) bond motifs is 1. The molecular weight excluding hydrogens is 492 g/mol. The van der Waals surface area contributed by atoms with Gasteiger partial charge < -0.3 is 15.7 Å². The van der Waals surface area contributed by atoms with Crippen LogP contribution in [0.2, 0.25) is 0 Å². The maximum atomic E-state index is 14.1. The molecule has 172 valence electrons. The molecular formula is C25H24BrF2N3O2. The molecule has 1 aliphatic carbocycles. The number of carbonyl (C=O) groups excluding carboxylic acids is 1. The lowest BCUT2D eigenvalue weighted by molar-refractivity contribution is 0.0878. The van der Waals surface area contributed by atoms with E-state index in [2.05, 4.69) is 31.5 Å². The SMILES string of the molecule is Cc1cc(NC(=O)N[C@@H]2c3cc(F)c(F)cc3C(C)(C)C[C@H]2O)c(-c2ccccc2)nc1Br. The van der Waals surface area contributed by atoms with Crippen LogP contribution in [0.4, 0.5) is 19.3 Å². The summed E-state index contributed by atoms with van der Waals surface area (Å²) in [5.74, 6) is -1.98. The zero-order valence-electron chi connectivity index (χ0n) is 18.4. The molecule has 2 amide bonds. The first-order valence-electron chi connectivity index (χ1n) is 10.5. The maximum Gasteiger partial charge on any atom is 0.319 e. The van der Waals surface area contributed by atoms with Gasteiger partial charge in [-0.3, -0.25) is 0 Å². The van der Waals surface area contributed by atoms with Gasteiger partial charge in [0.25, 0.3) is 0 Å². The largest absolute Gasteiger partial charge is 0.391 e. The standard InChI is InChI=1S/C25H24BrF2N3O2/c1-13-9-19(21(30-23(13)26)14-7-5-4-6-8-14)29-24(33)31-22-15-10-17(27)18(28)11-16(15)25(2,3)12-20(22)32/h4-11,20,22,32H,12H2,1-3H3,(H2,29,31,33)/t20-,22-/m1/s1. The van der Waals surface area contributed by atoms with Crippen molar-refractivity contribution >= 4 is 27.6 Å². The van der Waals surface area contributed by atoms with Gasteiger partial charge in [0.15, 0.2) is 11.6 Å². The van der Waals surface area contributed by atoms with Crippen molar-refractivity contribution in [1.29, 1.82) is 0 Å². The molecule has 33 heavy (non-hydrogen) atoms. The molecule has 2 aromatic carbocycles. The zero-order valence-corrected chi connectivity index (χ0v) is 20.0. The van der Waals surface area contributed by atoms with Gasteiger partial charge in [-0.05, 0) is 69.6 Å². The van der Waals surface area contributed by atoms with E-state index in [1.54, 1.807) is 6.07 Å². The lowest BCUT2D eigenvalue weighted by atomic mass is 9.69. The Morgan fingerprint density at radius 2 is 1.82 bits per heavy atom. The lowest BCUT2D eigenvalue weighted by Crippen LogP contribution is -2.45. The molecule has 0 aliphatic heterocycles. The van der Waals surface area contributed by atoms with Crippen LogP contribution in [0.5, 0.6) is 0 Å². The molecule has 0 bridgehead atoms. The number of anilines is 1. The number of aryl methyl sites for hydroxylation is 1. The van der Waals surface area contributed by atoms with Crippen LogP contribution < -0.4 is 10.6 Å². The van der Waals surface area contributed by atoms with E-state index in [9.17, 15) is 18.7 Å². The number of pyridine rings is 1. The number of urea groups is 1. The third kappa shape index (κ3) is 4.63. The summed E-state index contributed by atoms with van der Waals surface area (Å²) >= 11 is 3.43. The van der Waals surface area contributed by atoms with Crippen LogP contribution in [-0.2, 0) is 5.41 Å². The van der Waals surface area contributed by atoms with Crippen LogP contribution in [0.15, 0.2) is 53.1 Å². The number of rotatable bonds is 3. The molecule has 1 heterocycles. The van der Waals surface area contributed by atoms with Crippen LogP contribution in [0.25, 0.3) is 11.3 Å². The Morgan fingerprint density at radius 1 is 1.15 bits per heavy atom. The van der Waals surface area contributed by atoms with Gasteiger partial charge in [-0.25, -0.2) is 18.6 Å². The first kappa shape index (κ1) is 23.3. The third-order valence-electron chi connectivity index (χ3n) is 5.99. The fraction of sp³-hybridized carbons (Fsp3) is 0.280. The van der Waals surface area contributed by atoms with Gasteiger partial charge in [-0.2, -0.15) is 0 Å². The summed E-state index contributed by atoms with van der Waals surface area (Å²) in [5.41, 5.74) is 3.04. The lowest BCUT2D eigenvalue weighted by Gasteiger charge is -2.40. The summed E-state index contributed by atoms with van der Waals surface area (Å²) in [6.07, 6.45) is -0.689. The number of nitrogens with one attached hydrogen (secondary N) is 2. The summed E-state index contributed by atoms with van der Waals surface area (Å²) in [7, 11) is 0. The summed E-state index contributed by atoms with van der Waals surface area (Å²) in [5, 5.41) is 16.3. The van der Waals surface area contributed by atoms with Crippen LogP contribution in [0.3, 0.4) is 0 Å². The summed E-state index contributed by atoms with van der Waals surface area (Å²) in [6, 6.07) is 11.9. The first-order valence-corrected chi connectivity index (χ1v) is 11.3. The van der Waals surface area contributed by atoms with E-state index in [1.807, 2.05) is 51.1 Å². The number of nitrogens with zero attached hydrogens (tertiary/aromatic N) is 1. The summed E-state index contributed by atoms with van der Waals surface area (Å²) < 4.78 is 28.7. The van der Waals surface area contributed by atoms with E-state index >= 15 is 0 Å². The van der Waals surface area contributed by atoms with Gasteiger partial charge in [0.1, 0.15) is 4.60 Å². The number of aromatic nitrogens is 1. The number of hydrogen-bond acceptors (Lipinski definition) is 3. The molecule has 3 N–H and O–H groups in total. The minimum absolute atomic E-state index is 0.282. The molecule has 1 aromatic heterocycles. The number of aliphatic hydroxyl groups excluding tert-OH is 1. The molecule has 0 saturated heterocycles. The monoisotopic (exact) mass is 515 g/mol. The molecule has 5 nitrogen and oxygen atoms in total. The predicted octanol–water partition coefficient (Wildman–Crippen LogP) is 6.00. The van der Waals surface area contributed by atoms with Crippen molar-refractivity contribution in [2.75, 3.05) is 5.32 Å². The molecule has 0 saturated carbocycles. The van der Waals surface area contributed by atoms with E-state index in [0.717, 1.165) is 23.3 Å². The van der Waals surface area contributed by atoms with Crippen molar-refractivity contribution in [3.63, 3.8) is 0 Å². The van der Waals surface area contributed by atoms with Crippen LogP contribution in [-0.4, -0.2) is 22.2 Å². The van der Waals surface area contributed by atoms with Gasteiger partial charge in [-0.1, -0.05) is 44.2 Å². The Hall–Kier alpha value is -2.84. The minimum atomic E-state index is -1.02. The maximum absolute atomic E-state index is 14.1. The fourth-order valence-corrected chi connectivity index (χ4v) is 4.63. The molecule has 0 radical (unpaired) electrons. The minimum Gasteiger partial charge on any atom is -0.391 e. The number of halogens is 3. The smallest absolute Gasteiger partial charge is 0.319 e. The number of hydrogen-bond donors (Lipinski definition) is 3. The Morgan fingerprint density at radius 3 is 2.52 bits per heavy atom. The third-order valence-corrected chi connectivity index (χ3v) is 6.80. The van der Waals surface area contributed by atoms with Gasteiger partial charge in [-0.15, -0.1) is 0 Å². The van der Waals surface area contributed by atoms with Crippen molar-refractivity contribution in [3.05, 3.63) is 81.5 Å². The second-order valence-corrected chi connectivity index (χ2v) is 9.69. The van der Waals surface area contributed by atoms with E-state index in [4.69, 9.17) is 0 Å². The van der Waals surface area contributed by atoms with Crippen LogP contribution >= 0.6 is 15.9 Å². The Balaban J connectivity index is 1.65. The Labute approximate surface area is 199 Å². The zero-order chi connectivity index (χ0) is 23.9. The predicted molar refractivity (Wildman–Crippen MR) is 127 cm³/mol. The molecule has 8 heteroatoms. The highest BCUT2D eigenvalue weighted by atomic mass is 79.9. The van der Waals surface area contributed by atoms with Gasteiger partial charge in [0.2, 0.25) is 0 Å². The normalized spacial score (nSPS) is 19.0. The van der Waals surface area contributed by atoms with Crippen molar-refractivity contribution in [1.82, 2.24) is 10.3 Å². The summed E-state index contributed by atoms with van der Waals surface area (Å²) in [6.45, 7) is 5.56. The second kappa shape index (κ2) is 8.83. The van der Waals surface area contributed by atoms with Gasteiger partial charge >= 0.3 is 6.03 Å². The number of carbonyl (C=O) groups is 1. The number of aliphatic hydroxyl groups is 1. The quantitative estimate of drug-likeness (QED) is 0.374. The molecule has 1 aliphatic rings. The van der Waals surface area contributed by atoms with Crippen molar-refractivity contribution < 1.29 is 18.7 Å². The van der Waals surface area contributed by atoms with E-state index < -0.39 is 35.2 Å². The Kier molecular flexibility index (Phi) is 6.24. The molecule has 4 rings (SSSR count). The van der Waals surface area contributed by atoms with Crippen LogP contribution in [0.1, 0.15) is 43.0 Å². The highest BCUT2D eigenvalue weighted by molar-refractivity contribution is 9.10. The van der Waals surface area contributed by atoms with Gasteiger partial charge in [0, 0.05) is 5.56 Å². The topological polar surface area (TPSA) is 74.2 Å². The second-order valence-electron chi connectivity index (χ2n) is 8.94. The van der Waals surface area contributed by atoms with E-state index in [0.29, 0.717) is 27.1 Å². The highest BCUT2D eigenvalue weighted by Gasteiger charge is 2.40. The van der Waals surface area contributed by atoms with E-state index in [-0.39, 0.29) is 6.42 Å². The Bertz CT molecular complexity index is 1220. The molecule has 2 atom stereocenters. The molecule has 0 unspecified atom stereocenters. The van der Waals surface area contributed by atoms with Gasteiger partial charge in [0.05, 0.1) is 23.5 Å². The van der Waals surface area contributed by atoms with E-state index in [1.165, 1.54) is 0 Å². The van der Waals surface area contributed by atoms with Crippen LogP contribution in [0, 0.1) is 18.6 Å². The first-order chi connectivity index (χ1) is 15.6. The number of amides is 2. The number of benzene rings is 2. The van der Waals surface area contributed by atoms with Crippen molar-refractivity contribution in [2.24, 2.45) is 0 Å². The average molecular weight is 516 g/mol.